The number of hydrogen-bond donors (Lipinski definition) is 1. The Morgan fingerprint density at radius 1 is 1.27 bits per heavy atom. The van der Waals surface area contributed by atoms with E-state index in [1.165, 1.54) is 12.8 Å². The van der Waals surface area contributed by atoms with Gasteiger partial charge in [-0.25, -0.2) is 0 Å². The molecule has 1 fully saturated rings. The highest BCUT2D eigenvalue weighted by Gasteiger charge is 2.25. The van der Waals surface area contributed by atoms with Gasteiger partial charge in [0.1, 0.15) is 0 Å². The summed E-state index contributed by atoms with van der Waals surface area (Å²) in [7, 11) is 0. The highest BCUT2D eigenvalue weighted by atomic mass is 16.4. The van der Waals surface area contributed by atoms with Crippen LogP contribution in [0.25, 0.3) is 0 Å². The van der Waals surface area contributed by atoms with Crippen molar-refractivity contribution in [1.82, 2.24) is 0 Å². The highest BCUT2D eigenvalue weighted by molar-refractivity contribution is 5.70. The molecule has 0 unspecified atom stereocenters. The molecule has 0 aromatic heterocycles. The van der Waals surface area contributed by atoms with E-state index >= 15 is 0 Å². The van der Waals surface area contributed by atoms with Gasteiger partial charge in [-0.3, -0.25) is 4.79 Å². The smallest absolute Gasteiger partial charge is 0.306 e. The summed E-state index contributed by atoms with van der Waals surface area (Å²) in [6.07, 6.45) is 5.51. The molecule has 2 nitrogen and oxygen atoms in total. The molecule has 0 spiro atoms. The molecule has 0 amide bonds. The van der Waals surface area contributed by atoms with Crippen LogP contribution in [0.2, 0.25) is 0 Å². The molecule has 0 heterocycles. The minimum Gasteiger partial charge on any atom is -0.481 e. The molecule has 1 rings (SSSR count). The third-order valence-corrected chi connectivity index (χ3v) is 2.68. The van der Waals surface area contributed by atoms with Gasteiger partial charge in [0, 0.05) is 0 Å². The monoisotopic (exact) mass is 156 g/mol. The molecule has 0 bridgehead atoms. The van der Waals surface area contributed by atoms with Crippen LogP contribution >= 0.6 is 0 Å². The van der Waals surface area contributed by atoms with Crippen molar-refractivity contribution in [2.75, 3.05) is 0 Å². The Hall–Kier alpha value is -0.530. The molecule has 1 N–H and O–H groups in total. The second-order valence-electron chi connectivity index (χ2n) is 3.56. The van der Waals surface area contributed by atoms with Gasteiger partial charge in [0.25, 0.3) is 0 Å². The minimum atomic E-state index is -0.598. The summed E-state index contributed by atoms with van der Waals surface area (Å²) in [5.74, 6) is -0.285. The topological polar surface area (TPSA) is 37.3 Å². The molecule has 0 aliphatic heterocycles. The number of carboxylic acids is 1. The predicted molar refractivity (Wildman–Crippen MR) is 43.4 cm³/mol. The van der Waals surface area contributed by atoms with E-state index < -0.39 is 5.97 Å². The summed E-state index contributed by atoms with van der Waals surface area (Å²) in [6, 6.07) is 0. The zero-order valence-corrected chi connectivity index (χ0v) is 7.05. The Bertz CT molecular complexity index is 142. The number of carboxylic acid groups (broad SMARTS) is 1. The van der Waals surface area contributed by atoms with E-state index in [1.54, 1.807) is 0 Å². The molecule has 1 aliphatic rings. The van der Waals surface area contributed by atoms with Crippen molar-refractivity contribution in [3.05, 3.63) is 0 Å². The summed E-state index contributed by atoms with van der Waals surface area (Å²) in [5, 5.41) is 8.83. The molecule has 1 saturated carbocycles. The second kappa shape index (κ2) is 3.74. The lowest BCUT2D eigenvalue weighted by molar-refractivity contribution is -0.143. The van der Waals surface area contributed by atoms with Crippen LogP contribution in [0.3, 0.4) is 0 Å². The van der Waals surface area contributed by atoms with Gasteiger partial charge in [-0.05, 0) is 18.8 Å². The Balaban J connectivity index is 2.52. The summed E-state index contributed by atoms with van der Waals surface area (Å²) >= 11 is 0. The minimum absolute atomic E-state index is 0.0718. The first kappa shape index (κ1) is 8.57. The average Bonchev–Trinajstić information content (AvgIpc) is 2.13. The molecule has 1 aliphatic carbocycles. The van der Waals surface area contributed by atoms with Gasteiger partial charge >= 0.3 is 5.97 Å². The molecular weight excluding hydrogens is 140 g/mol. The largest absolute Gasteiger partial charge is 0.481 e. The fraction of sp³-hybridized carbons (Fsp3) is 0.889. The molecule has 0 aromatic rings. The Morgan fingerprint density at radius 3 is 2.55 bits per heavy atom. The first-order valence-electron chi connectivity index (χ1n) is 4.44. The van der Waals surface area contributed by atoms with E-state index in [1.807, 2.05) is 0 Å². The quantitative estimate of drug-likeness (QED) is 0.591. The third-order valence-electron chi connectivity index (χ3n) is 2.68. The number of hydrogen-bond acceptors (Lipinski definition) is 1. The van der Waals surface area contributed by atoms with Crippen molar-refractivity contribution in [2.45, 2.75) is 39.0 Å². The van der Waals surface area contributed by atoms with Gasteiger partial charge in [0.2, 0.25) is 0 Å². The summed E-state index contributed by atoms with van der Waals surface area (Å²) in [6.45, 7) is 2.06. The Labute approximate surface area is 67.6 Å². The van der Waals surface area contributed by atoms with E-state index in [0.717, 1.165) is 19.3 Å². The zero-order valence-electron chi connectivity index (χ0n) is 7.05. The number of rotatable bonds is 1. The van der Waals surface area contributed by atoms with Gasteiger partial charge in [-0.2, -0.15) is 0 Å². The average molecular weight is 156 g/mol. The lowest BCUT2D eigenvalue weighted by atomic mass is 9.90. The summed E-state index contributed by atoms with van der Waals surface area (Å²) in [4.78, 5) is 10.7. The number of aliphatic carboxylic acids is 1. The molecule has 0 aromatic carbocycles. The maximum atomic E-state index is 10.7. The van der Waals surface area contributed by atoms with E-state index in [9.17, 15) is 4.79 Å². The molecule has 0 saturated heterocycles. The lowest BCUT2D eigenvalue weighted by Crippen LogP contribution is -2.20. The number of carbonyl (C=O) groups is 1. The summed E-state index contributed by atoms with van der Waals surface area (Å²) < 4.78 is 0. The second-order valence-corrected chi connectivity index (χ2v) is 3.56. The van der Waals surface area contributed by atoms with Crippen LogP contribution in [-0.2, 0) is 4.79 Å². The van der Waals surface area contributed by atoms with Crippen molar-refractivity contribution in [2.24, 2.45) is 11.8 Å². The first-order valence-corrected chi connectivity index (χ1v) is 4.44. The highest BCUT2D eigenvalue weighted by Crippen LogP contribution is 2.28. The van der Waals surface area contributed by atoms with Crippen LogP contribution in [0, 0.1) is 11.8 Å². The normalized spacial score (nSPS) is 32.8. The van der Waals surface area contributed by atoms with Crippen LogP contribution in [0.4, 0.5) is 0 Å². The van der Waals surface area contributed by atoms with Crippen molar-refractivity contribution < 1.29 is 9.90 Å². The van der Waals surface area contributed by atoms with E-state index in [2.05, 4.69) is 6.92 Å². The van der Waals surface area contributed by atoms with Gasteiger partial charge in [-0.1, -0.05) is 26.2 Å². The van der Waals surface area contributed by atoms with Crippen molar-refractivity contribution >= 4 is 5.97 Å². The predicted octanol–water partition coefficient (Wildman–Crippen LogP) is 2.29. The first-order chi connectivity index (χ1) is 5.22. The fourth-order valence-corrected chi connectivity index (χ4v) is 1.86. The van der Waals surface area contributed by atoms with Crippen LogP contribution < -0.4 is 0 Å². The molecule has 2 heteroatoms. The molecular formula is C9H16O2. The third kappa shape index (κ3) is 2.21. The lowest BCUT2D eigenvalue weighted by Gasteiger charge is -2.15. The van der Waals surface area contributed by atoms with Crippen LogP contribution in [-0.4, -0.2) is 11.1 Å². The molecule has 0 radical (unpaired) electrons. The summed E-state index contributed by atoms with van der Waals surface area (Å²) in [5.41, 5.74) is 0. The van der Waals surface area contributed by atoms with Crippen LogP contribution in [0.5, 0.6) is 0 Å². The van der Waals surface area contributed by atoms with Crippen molar-refractivity contribution in [3.63, 3.8) is 0 Å². The van der Waals surface area contributed by atoms with Gasteiger partial charge < -0.3 is 5.11 Å². The van der Waals surface area contributed by atoms with Crippen molar-refractivity contribution in [3.8, 4) is 0 Å². The maximum Gasteiger partial charge on any atom is 0.306 e. The van der Waals surface area contributed by atoms with Crippen molar-refractivity contribution in [1.29, 1.82) is 0 Å². The molecule has 2 atom stereocenters. The molecule has 11 heavy (non-hydrogen) atoms. The SMILES string of the molecule is C[C@@H]1CCCCC[C@@H]1C(=O)O. The molecule has 64 valence electrons. The standard InChI is InChI=1S/C9H16O2/c1-7-5-3-2-4-6-8(7)9(10)11/h7-8H,2-6H2,1H3,(H,10,11)/t7-,8+/m1/s1. The van der Waals surface area contributed by atoms with Gasteiger partial charge in [0.15, 0.2) is 0 Å². The fourth-order valence-electron chi connectivity index (χ4n) is 1.86. The Kier molecular flexibility index (Phi) is 2.92. The van der Waals surface area contributed by atoms with E-state index in [0.29, 0.717) is 5.92 Å². The maximum absolute atomic E-state index is 10.7. The van der Waals surface area contributed by atoms with E-state index in [4.69, 9.17) is 5.11 Å². The van der Waals surface area contributed by atoms with E-state index in [-0.39, 0.29) is 5.92 Å². The zero-order chi connectivity index (χ0) is 8.27. The van der Waals surface area contributed by atoms with Gasteiger partial charge in [0.05, 0.1) is 5.92 Å². The Morgan fingerprint density at radius 2 is 1.91 bits per heavy atom. The van der Waals surface area contributed by atoms with Crippen LogP contribution in [0.1, 0.15) is 39.0 Å². The van der Waals surface area contributed by atoms with Gasteiger partial charge in [-0.15, -0.1) is 0 Å². The van der Waals surface area contributed by atoms with Crippen LogP contribution in [0.15, 0.2) is 0 Å².